The molecule has 2 heterocycles. The number of ether oxygens (including phenoxy) is 1. The van der Waals surface area contributed by atoms with Gasteiger partial charge in [0.05, 0.1) is 23.5 Å². The summed E-state index contributed by atoms with van der Waals surface area (Å²) >= 11 is 0. The van der Waals surface area contributed by atoms with Crippen LogP contribution >= 0.6 is 0 Å². The third kappa shape index (κ3) is 2.81. The topological polar surface area (TPSA) is 82.0 Å². The zero-order chi connectivity index (χ0) is 13.1. The Morgan fingerprint density at radius 1 is 1.50 bits per heavy atom. The number of aliphatic hydroxyl groups excluding tert-OH is 1. The summed E-state index contributed by atoms with van der Waals surface area (Å²) in [6.07, 6.45) is 0.941. The molecule has 0 aliphatic carbocycles. The van der Waals surface area contributed by atoms with E-state index in [9.17, 15) is 4.79 Å². The van der Waals surface area contributed by atoms with Crippen LogP contribution in [0.4, 0.5) is 0 Å². The van der Waals surface area contributed by atoms with Crippen LogP contribution in [0.25, 0.3) is 0 Å². The van der Waals surface area contributed by atoms with Gasteiger partial charge in [-0.15, -0.1) is 0 Å². The van der Waals surface area contributed by atoms with Crippen molar-refractivity contribution in [3.05, 3.63) is 0 Å². The summed E-state index contributed by atoms with van der Waals surface area (Å²) in [4.78, 5) is 17.8. The quantitative estimate of drug-likeness (QED) is 0.512. The van der Waals surface area contributed by atoms with Crippen LogP contribution in [0.2, 0.25) is 0 Å². The standard InChI is InChI=1S/C10H19N3O5/c1-8(2)10(15)16-5-6-17-13-12(18-13)11-4-3-9(11)7-14/h8-9,14H,3-7H2,1-2H3/t9-,12?,13?/m0/s1. The zero-order valence-electron chi connectivity index (χ0n) is 10.6. The highest BCUT2D eigenvalue weighted by Crippen LogP contribution is 2.16. The van der Waals surface area contributed by atoms with E-state index in [2.05, 4.69) is 0 Å². The van der Waals surface area contributed by atoms with Gasteiger partial charge in [0, 0.05) is 6.54 Å². The highest BCUT2D eigenvalue weighted by Gasteiger charge is 2.34. The van der Waals surface area contributed by atoms with E-state index in [1.54, 1.807) is 13.8 Å². The predicted molar refractivity (Wildman–Crippen MR) is 60.5 cm³/mol. The van der Waals surface area contributed by atoms with Crippen LogP contribution in [-0.2, 0) is 9.53 Å². The molecule has 0 spiro atoms. The van der Waals surface area contributed by atoms with Crippen molar-refractivity contribution in [2.75, 3.05) is 31.4 Å². The summed E-state index contributed by atoms with van der Waals surface area (Å²) in [5.41, 5.74) is 0. The van der Waals surface area contributed by atoms with Crippen molar-refractivity contribution in [2.24, 2.45) is 5.92 Å². The van der Waals surface area contributed by atoms with Crippen molar-refractivity contribution in [3.63, 3.8) is 0 Å². The first kappa shape index (κ1) is 12.9. The van der Waals surface area contributed by atoms with Gasteiger partial charge in [-0.05, 0) is 6.42 Å². The third-order valence-corrected chi connectivity index (χ3v) is 2.80. The van der Waals surface area contributed by atoms with Gasteiger partial charge in [-0.25, -0.2) is 0 Å². The number of rotatable bonds is 7. The Labute approximate surface area is 104 Å². The van der Waals surface area contributed by atoms with Gasteiger partial charge in [-0.2, -0.15) is 4.63 Å². The normalized spacial score (nSPS) is 19.1. The van der Waals surface area contributed by atoms with E-state index in [4.69, 9.17) is 19.3 Å². The molecule has 1 aliphatic heterocycles. The van der Waals surface area contributed by atoms with E-state index in [0.29, 0.717) is 0 Å². The van der Waals surface area contributed by atoms with Crippen LogP contribution in [0.1, 0.15) is 20.3 Å². The highest BCUT2D eigenvalue weighted by molar-refractivity contribution is 5.71. The second-order valence-corrected chi connectivity index (χ2v) is 4.52. The van der Waals surface area contributed by atoms with Crippen LogP contribution in [-0.4, -0.2) is 53.5 Å². The number of aliphatic hydroxyl groups is 1. The van der Waals surface area contributed by atoms with Gasteiger partial charge in [0.15, 0.2) is 6.61 Å². The first-order valence-electron chi connectivity index (χ1n) is 6.08. The van der Waals surface area contributed by atoms with Gasteiger partial charge in [0.25, 0.3) is 0 Å². The molecular weight excluding hydrogens is 242 g/mol. The number of nitrogens with zero attached hydrogens (tertiary/aromatic N) is 3. The Morgan fingerprint density at radius 3 is 2.83 bits per heavy atom. The smallest absolute Gasteiger partial charge is 0.308 e. The van der Waals surface area contributed by atoms with Gasteiger partial charge in [0.2, 0.25) is 0 Å². The first-order chi connectivity index (χ1) is 8.63. The lowest BCUT2D eigenvalue weighted by molar-refractivity contribution is -0.149. The summed E-state index contributed by atoms with van der Waals surface area (Å²) in [7, 11) is 0. The fourth-order valence-electron chi connectivity index (χ4n) is 1.52. The van der Waals surface area contributed by atoms with E-state index in [0.717, 1.165) is 13.0 Å². The minimum Gasteiger partial charge on any atom is -0.462 e. The first-order valence-corrected chi connectivity index (χ1v) is 6.08. The summed E-state index contributed by atoms with van der Waals surface area (Å²) in [5.74, 6) is -0.379. The average molecular weight is 261 g/mol. The average Bonchev–Trinajstić information content (AvgIpc) is 3.02. The molecule has 1 aromatic rings. The van der Waals surface area contributed by atoms with Crippen molar-refractivity contribution in [2.45, 2.75) is 26.3 Å². The van der Waals surface area contributed by atoms with Crippen molar-refractivity contribution < 1.29 is 24.1 Å². The molecule has 1 aliphatic rings. The van der Waals surface area contributed by atoms with Crippen LogP contribution in [0, 0.1) is 5.92 Å². The van der Waals surface area contributed by atoms with Crippen molar-refractivity contribution >= 4 is 5.97 Å². The summed E-state index contributed by atoms with van der Waals surface area (Å²) in [5, 5.41) is 12.1. The van der Waals surface area contributed by atoms with Gasteiger partial charge in [-0.1, -0.05) is 13.8 Å². The van der Waals surface area contributed by atoms with Gasteiger partial charge in [-0.3, -0.25) is 9.80 Å². The molecule has 0 bridgehead atoms. The number of hydrogen-bond donors (Lipinski definition) is 1. The lowest BCUT2D eigenvalue weighted by atomic mass is 10.1. The molecule has 1 N–H and O–H groups in total. The highest BCUT2D eigenvalue weighted by atomic mass is 17.0. The maximum Gasteiger partial charge on any atom is 0.308 e. The maximum absolute atomic E-state index is 11.1. The molecule has 1 aromatic heterocycles. The molecule has 18 heavy (non-hydrogen) atoms. The number of aromatic nitrogens is 2. The minimum atomic E-state index is -0.245. The second kappa shape index (κ2) is 5.38. The fourth-order valence-corrected chi connectivity index (χ4v) is 1.52. The summed E-state index contributed by atoms with van der Waals surface area (Å²) in [6, 6.07) is 0.0948. The van der Waals surface area contributed by atoms with E-state index in [-0.39, 0.29) is 37.7 Å². The summed E-state index contributed by atoms with van der Waals surface area (Å²) in [6.45, 7) is 4.89. The molecule has 0 unspecified atom stereocenters. The maximum atomic E-state index is 11.1. The Balaban J connectivity index is 1.60. The largest absolute Gasteiger partial charge is 0.462 e. The van der Waals surface area contributed by atoms with Crippen LogP contribution in [0.3, 0.4) is 0 Å². The van der Waals surface area contributed by atoms with E-state index in [1.165, 1.54) is 9.98 Å². The molecule has 0 aromatic carbocycles. The lowest BCUT2D eigenvalue weighted by Gasteiger charge is -2.35. The molecule has 0 radical (unpaired) electrons. The predicted octanol–water partition coefficient (Wildman–Crippen LogP) is -0.787. The van der Waals surface area contributed by atoms with Crippen LogP contribution in [0.15, 0.2) is 4.63 Å². The summed E-state index contributed by atoms with van der Waals surface area (Å²) < 4.78 is 9.97. The molecule has 1 atom stereocenters. The lowest BCUT2D eigenvalue weighted by Crippen LogP contribution is -2.55. The van der Waals surface area contributed by atoms with E-state index < -0.39 is 0 Å². The SMILES string of the molecule is CC(C)C(=O)OCCOn1on1N1CC[C@H]1CO. The monoisotopic (exact) mass is 261 g/mol. The Hall–Kier alpha value is -1.57. The van der Waals surface area contributed by atoms with Crippen molar-refractivity contribution in [1.29, 1.82) is 0 Å². The van der Waals surface area contributed by atoms with Gasteiger partial charge in [0.1, 0.15) is 11.6 Å². The molecule has 8 heteroatoms. The fraction of sp³-hybridized carbons (Fsp3) is 0.900. The Bertz CT molecular complexity index is 378. The molecule has 104 valence electrons. The number of hydrogen-bond acceptors (Lipinski definition) is 6. The molecular formula is C10H19N3O5. The van der Waals surface area contributed by atoms with Crippen LogP contribution < -0.4 is 9.85 Å². The van der Waals surface area contributed by atoms with E-state index in [1.807, 2.05) is 5.01 Å². The number of esters is 1. The van der Waals surface area contributed by atoms with Crippen LogP contribution in [0.5, 0.6) is 0 Å². The third-order valence-electron chi connectivity index (χ3n) is 2.80. The number of carbonyl (C=O) groups excluding carboxylic acids is 1. The Morgan fingerprint density at radius 2 is 2.28 bits per heavy atom. The zero-order valence-corrected chi connectivity index (χ0v) is 10.6. The number of carbonyl (C=O) groups is 1. The molecule has 8 nitrogen and oxygen atoms in total. The van der Waals surface area contributed by atoms with Gasteiger partial charge >= 0.3 is 5.97 Å². The van der Waals surface area contributed by atoms with Crippen molar-refractivity contribution in [1.82, 2.24) is 9.98 Å². The minimum absolute atomic E-state index is 0.0948. The molecule has 0 amide bonds. The van der Waals surface area contributed by atoms with Crippen molar-refractivity contribution in [3.8, 4) is 0 Å². The molecule has 2 rings (SSSR count). The van der Waals surface area contributed by atoms with E-state index >= 15 is 0 Å². The van der Waals surface area contributed by atoms with Gasteiger partial charge < -0.3 is 14.7 Å². The molecule has 0 saturated carbocycles. The Kier molecular flexibility index (Phi) is 3.85. The second-order valence-electron chi connectivity index (χ2n) is 4.52. The molecule has 1 saturated heterocycles. The molecule has 1 fully saturated rings.